The molecule has 4 aromatic rings. The summed E-state index contributed by atoms with van der Waals surface area (Å²) in [6.07, 6.45) is 0. The number of hydrogen-bond acceptors (Lipinski definition) is 7. The van der Waals surface area contributed by atoms with Gasteiger partial charge in [0, 0.05) is 27.9 Å². The van der Waals surface area contributed by atoms with E-state index >= 15 is 0 Å². The monoisotopic (exact) mass is 496 g/mol. The molecule has 34 heavy (non-hydrogen) atoms. The van der Waals surface area contributed by atoms with Gasteiger partial charge in [-0.15, -0.1) is 0 Å². The minimum absolute atomic E-state index is 0.0214. The molecular formula is C23H17ClN4O5S. The number of carbonyl (C=O) groups is 1. The van der Waals surface area contributed by atoms with Gasteiger partial charge >= 0.3 is 5.69 Å². The normalized spacial score (nSPS) is 10.7. The highest BCUT2D eigenvalue weighted by Crippen LogP contribution is 2.31. The summed E-state index contributed by atoms with van der Waals surface area (Å²) >= 11 is 11.3. The van der Waals surface area contributed by atoms with Crippen LogP contribution >= 0.6 is 23.8 Å². The lowest BCUT2D eigenvalue weighted by Crippen LogP contribution is -2.34. The van der Waals surface area contributed by atoms with Gasteiger partial charge in [0.25, 0.3) is 5.91 Å². The van der Waals surface area contributed by atoms with Crippen molar-refractivity contribution in [3.8, 4) is 17.2 Å². The summed E-state index contributed by atoms with van der Waals surface area (Å²) < 4.78 is 10.8. The van der Waals surface area contributed by atoms with Crippen LogP contribution in [0.3, 0.4) is 0 Å². The lowest BCUT2D eigenvalue weighted by atomic mass is 10.1. The van der Waals surface area contributed by atoms with Crippen LogP contribution < -0.4 is 15.4 Å². The predicted molar refractivity (Wildman–Crippen MR) is 133 cm³/mol. The highest BCUT2D eigenvalue weighted by Gasteiger charge is 2.19. The van der Waals surface area contributed by atoms with Gasteiger partial charge in [-0.1, -0.05) is 17.7 Å². The quantitative estimate of drug-likeness (QED) is 0.211. The number of rotatable bonds is 5. The molecule has 0 saturated carbocycles. The Bertz CT molecular complexity index is 1450. The number of benzene rings is 3. The first-order valence-corrected chi connectivity index (χ1v) is 10.7. The van der Waals surface area contributed by atoms with E-state index in [1.54, 1.807) is 30.3 Å². The van der Waals surface area contributed by atoms with Crippen LogP contribution in [0.25, 0.3) is 22.6 Å². The summed E-state index contributed by atoms with van der Waals surface area (Å²) in [6, 6.07) is 14.5. The minimum atomic E-state index is -0.624. The van der Waals surface area contributed by atoms with Crippen LogP contribution in [0.4, 0.5) is 11.4 Å². The summed E-state index contributed by atoms with van der Waals surface area (Å²) in [7, 11) is 1.31. The van der Waals surface area contributed by atoms with Gasteiger partial charge < -0.3 is 14.5 Å². The second kappa shape index (κ2) is 9.46. The molecule has 1 amide bonds. The number of methoxy groups -OCH3 is 1. The summed E-state index contributed by atoms with van der Waals surface area (Å²) in [5.41, 5.74) is 3.13. The number of aromatic nitrogens is 1. The fraction of sp³-hybridized carbons (Fsp3) is 0.0870. The lowest BCUT2D eigenvalue weighted by molar-refractivity contribution is -0.385. The van der Waals surface area contributed by atoms with E-state index in [9.17, 15) is 14.9 Å². The third-order valence-electron chi connectivity index (χ3n) is 5.03. The molecule has 0 fully saturated rings. The summed E-state index contributed by atoms with van der Waals surface area (Å²) in [5.74, 6) is -0.136. The summed E-state index contributed by atoms with van der Waals surface area (Å²) in [6.45, 7) is 1.86. The molecule has 0 bridgehead atoms. The third-order valence-corrected chi connectivity index (χ3v) is 5.47. The van der Waals surface area contributed by atoms with Crippen LogP contribution in [0.1, 0.15) is 15.9 Å². The van der Waals surface area contributed by atoms with Crippen LogP contribution in [-0.2, 0) is 0 Å². The lowest BCUT2D eigenvalue weighted by Gasteiger charge is -2.13. The van der Waals surface area contributed by atoms with E-state index in [-0.39, 0.29) is 22.1 Å². The van der Waals surface area contributed by atoms with Crippen molar-refractivity contribution in [3.63, 3.8) is 0 Å². The van der Waals surface area contributed by atoms with Gasteiger partial charge in [-0.2, -0.15) is 0 Å². The van der Waals surface area contributed by atoms with Crippen molar-refractivity contribution >= 4 is 57.3 Å². The predicted octanol–water partition coefficient (Wildman–Crippen LogP) is 5.50. The molecule has 9 nitrogen and oxygen atoms in total. The number of nitro benzene ring substituents is 1. The Balaban J connectivity index is 1.53. The van der Waals surface area contributed by atoms with E-state index in [2.05, 4.69) is 15.6 Å². The largest absolute Gasteiger partial charge is 0.490 e. The molecule has 1 aromatic heterocycles. The Morgan fingerprint density at radius 1 is 1.21 bits per heavy atom. The van der Waals surface area contributed by atoms with Crippen molar-refractivity contribution in [1.82, 2.24) is 10.3 Å². The van der Waals surface area contributed by atoms with Crippen molar-refractivity contribution in [2.75, 3.05) is 12.4 Å². The van der Waals surface area contributed by atoms with Crippen molar-refractivity contribution in [1.29, 1.82) is 0 Å². The van der Waals surface area contributed by atoms with Crippen LogP contribution in [0.15, 0.2) is 59.0 Å². The number of anilines is 1. The topological polar surface area (TPSA) is 120 Å². The van der Waals surface area contributed by atoms with Crippen LogP contribution in [-0.4, -0.2) is 28.0 Å². The van der Waals surface area contributed by atoms with Gasteiger partial charge in [0.2, 0.25) is 5.89 Å². The SMILES string of the molecule is COc1ccc(C(=O)NC(=S)Nc2cccc(-c3nc4cc(Cl)ccc4o3)c2C)cc1[N+](=O)[O-]. The van der Waals surface area contributed by atoms with E-state index in [0.717, 1.165) is 17.2 Å². The molecule has 0 atom stereocenters. The molecule has 172 valence electrons. The molecule has 4 rings (SSSR count). The van der Waals surface area contributed by atoms with Crippen molar-refractivity contribution < 1.29 is 18.9 Å². The molecule has 1 heterocycles. The van der Waals surface area contributed by atoms with Gasteiger partial charge in [-0.3, -0.25) is 20.2 Å². The molecule has 0 radical (unpaired) electrons. The molecule has 11 heteroatoms. The molecule has 0 spiro atoms. The first-order chi connectivity index (χ1) is 16.3. The number of hydrogen-bond donors (Lipinski definition) is 2. The number of nitrogens with one attached hydrogen (secondary N) is 2. The number of ether oxygens (including phenoxy) is 1. The molecule has 3 aromatic carbocycles. The maximum atomic E-state index is 12.6. The van der Waals surface area contributed by atoms with E-state index in [4.69, 9.17) is 33.0 Å². The van der Waals surface area contributed by atoms with Crippen LogP contribution in [0.2, 0.25) is 5.02 Å². The van der Waals surface area contributed by atoms with Crippen LogP contribution in [0, 0.1) is 17.0 Å². The van der Waals surface area contributed by atoms with Crippen molar-refractivity contribution in [2.45, 2.75) is 6.92 Å². The van der Waals surface area contributed by atoms with Gasteiger partial charge in [0.1, 0.15) is 5.52 Å². The zero-order chi connectivity index (χ0) is 24.4. The average molecular weight is 497 g/mol. The molecule has 0 aliphatic rings. The zero-order valence-corrected chi connectivity index (χ0v) is 19.5. The van der Waals surface area contributed by atoms with Gasteiger partial charge in [-0.05, 0) is 67.2 Å². The maximum absolute atomic E-state index is 12.6. The van der Waals surface area contributed by atoms with Gasteiger partial charge in [-0.25, -0.2) is 4.98 Å². The average Bonchev–Trinajstić information content (AvgIpc) is 3.22. The highest BCUT2D eigenvalue weighted by atomic mass is 35.5. The fourth-order valence-corrected chi connectivity index (χ4v) is 3.69. The second-order valence-electron chi connectivity index (χ2n) is 7.16. The standard InChI is InChI=1S/C23H17ClN4O5S/c1-12-15(22-25-17-11-14(24)7-9-19(17)33-22)4-3-5-16(12)26-23(34)27-21(29)13-6-8-20(32-2)18(10-13)28(30)31/h3-11H,1-2H3,(H2,26,27,29,34). The number of carbonyl (C=O) groups excluding carboxylic acids is 1. The molecule has 0 aliphatic heterocycles. The first-order valence-electron chi connectivity index (χ1n) is 9.87. The Morgan fingerprint density at radius 3 is 2.74 bits per heavy atom. The van der Waals surface area contributed by atoms with Crippen LogP contribution in [0.5, 0.6) is 5.75 Å². The number of nitro groups is 1. The minimum Gasteiger partial charge on any atom is -0.490 e. The van der Waals surface area contributed by atoms with Gasteiger partial charge in [0.15, 0.2) is 16.4 Å². The number of nitrogens with zero attached hydrogens (tertiary/aromatic N) is 2. The fourth-order valence-electron chi connectivity index (χ4n) is 3.32. The van der Waals surface area contributed by atoms with E-state index in [1.165, 1.54) is 19.2 Å². The number of oxazole rings is 1. The summed E-state index contributed by atoms with van der Waals surface area (Å²) in [5, 5.41) is 17.3. The highest BCUT2D eigenvalue weighted by molar-refractivity contribution is 7.80. The number of amides is 1. The second-order valence-corrected chi connectivity index (χ2v) is 8.01. The maximum Gasteiger partial charge on any atom is 0.311 e. The summed E-state index contributed by atoms with van der Waals surface area (Å²) in [4.78, 5) is 27.7. The smallest absolute Gasteiger partial charge is 0.311 e. The van der Waals surface area contributed by atoms with Crippen molar-refractivity contribution in [2.24, 2.45) is 0 Å². The number of fused-ring (bicyclic) bond motifs is 1. The van der Waals surface area contributed by atoms with Crippen molar-refractivity contribution in [3.05, 3.63) is 80.9 Å². The zero-order valence-electron chi connectivity index (χ0n) is 17.9. The first kappa shape index (κ1) is 23.1. The Hall–Kier alpha value is -4.02. The van der Waals surface area contributed by atoms with E-state index in [0.29, 0.717) is 27.7 Å². The molecule has 0 aliphatic carbocycles. The molecule has 0 unspecified atom stereocenters. The van der Waals surface area contributed by atoms with Gasteiger partial charge in [0.05, 0.1) is 12.0 Å². The molecule has 2 N–H and O–H groups in total. The Morgan fingerprint density at radius 2 is 2.00 bits per heavy atom. The number of halogens is 1. The van der Waals surface area contributed by atoms with E-state index in [1.807, 2.05) is 13.0 Å². The number of thiocarbonyl (C=S) groups is 1. The molecule has 0 saturated heterocycles. The third kappa shape index (κ3) is 4.68. The Labute approximate surface area is 203 Å². The van der Waals surface area contributed by atoms with E-state index < -0.39 is 10.8 Å². The Kier molecular flexibility index (Phi) is 6.44. The molecular weight excluding hydrogens is 480 g/mol.